The molecule has 0 radical (unpaired) electrons. The Balaban J connectivity index is 2.39. The molecule has 1 saturated heterocycles. The molecular weight excluding hydrogens is 338 g/mol. The van der Waals surface area contributed by atoms with E-state index in [4.69, 9.17) is 32.5 Å². The Morgan fingerprint density at radius 1 is 1.06 bits per heavy atom. The first-order chi connectivity index (χ1) is 8.16. The Hall–Kier alpha value is 0.265. The van der Waals surface area contributed by atoms with Crippen LogP contribution in [0.2, 0.25) is 10.0 Å². The summed E-state index contributed by atoms with van der Waals surface area (Å²) >= 11 is 15.5. The van der Waals surface area contributed by atoms with Gasteiger partial charge in [0.05, 0.1) is 21.2 Å². The standard InChI is InChI=1S/C12H14BBrCl2O2/c1-11(2)12(3,4)18-13(17-11)7-5-6-8(15)10(16)9(7)14/h5-6H,1-4H3. The monoisotopic (exact) mass is 350 g/mol. The van der Waals surface area contributed by atoms with Gasteiger partial charge < -0.3 is 9.31 Å². The predicted molar refractivity (Wildman–Crippen MR) is 79.9 cm³/mol. The fourth-order valence-electron chi connectivity index (χ4n) is 1.69. The summed E-state index contributed by atoms with van der Waals surface area (Å²) < 4.78 is 12.7. The van der Waals surface area contributed by atoms with Gasteiger partial charge in [0, 0.05) is 4.47 Å². The van der Waals surface area contributed by atoms with E-state index in [0.29, 0.717) is 10.0 Å². The molecule has 1 fully saturated rings. The third kappa shape index (κ3) is 2.34. The minimum absolute atomic E-state index is 0.372. The van der Waals surface area contributed by atoms with E-state index in [1.165, 1.54) is 0 Å². The Morgan fingerprint density at radius 2 is 1.56 bits per heavy atom. The van der Waals surface area contributed by atoms with Crippen LogP contribution >= 0.6 is 39.1 Å². The molecule has 1 aromatic carbocycles. The molecule has 1 aromatic rings. The highest BCUT2D eigenvalue weighted by atomic mass is 79.9. The lowest BCUT2D eigenvalue weighted by Gasteiger charge is -2.32. The van der Waals surface area contributed by atoms with Gasteiger partial charge in [-0.05, 0) is 55.2 Å². The average Bonchev–Trinajstić information content (AvgIpc) is 2.45. The van der Waals surface area contributed by atoms with Crippen molar-refractivity contribution < 1.29 is 9.31 Å². The first kappa shape index (κ1) is 14.7. The fourth-order valence-corrected chi connectivity index (χ4v) is 2.67. The minimum atomic E-state index is -0.445. The third-order valence-corrected chi connectivity index (χ3v) is 5.46. The van der Waals surface area contributed by atoms with E-state index in [1.54, 1.807) is 6.07 Å². The van der Waals surface area contributed by atoms with Gasteiger partial charge >= 0.3 is 7.12 Å². The molecule has 2 rings (SSSR count). The summed E-state index contributed by atoms with van der Waals surface area (Å²) in [6.45, 7) is 8.05. The van der Waals surface area contributed by atoms with Crippen LogP contribution in [0.3, 0.4) is 0 Å². The number of benzene rings is 1. The minimum Gasteiger partial charge on any atom is -0.399 e. The quantitative estimate of drug-likeness (QED) is 0.561. The van der Waals surface area contributed by atoms with Gasteiger partial charge in [-0.2, -0.15) is 0 Å². The lowest BCUT2D eigenvalue weighted by Crippen LogP contribution is -2.41. The zero-order valence-corrected chi connectivity index (χ0v) is 13.8. The van der Waals surface area contributed by atoms with E-state index in [-0.39, 0.29) is 11.2 Å². The molecule has 0 aliphatic carbocycles. The number of halogens is 3. The summed E-state index contributed by atoms with van der Waals surface area (Å²) in [5.74, 6) is 0. The number of hydrogen-bond donors (Lipinski definition) is 0. The van der Waals surface area contributed by atoms with Crippen molar-refractivity contribution >= 4 is 51.7 Å². The molecule has 6 heteroatoms. The molecule has 98 valence electrons. The van der Waals surface area contributed by atoms with Gasteiger partial charge in [-0.25, -0.2) is 0 Å². The maximum absolute atomic E-state index is 6.11. The van der Waals surface area contributed by atoms with Crippen LogP contribution in [0.4, 0.5) is 0 Å². The van der Waals surface area contributed by atoms with E-state index in [2.05, 4.69) is 15.9 Å². The lowest BCUT2D eigenvalue weighted by molar-refractivity contribution is 0.00578. The van der Waals surface area contributed by atoms with Gasteiger partial charge in [0.25, 0.3) is 0 Å². The van der Waals surface area contributed by atoms with Crippen LogP contribution in [0.15, 0.2) is 16.6 Å². The molecule has 0 amide bonds. The van der Waals surface area contributed by atoms with Crippen molar-refractivity contribution in [2.24, 2.45) is 0 Å². The van der Waals surface area contributed by atoms with Crippen LogP contribution in [0.5, 0.6) is 0 Å². The van der Waals surface area contributed by atoms with Crippen LogP contribution in [0.25, 0.3) is 0 Å². The molecule has 0 spiro atoms. The molecule has 18 heavy (non-hydrogen) atoms. The van der Waals surface area contributed by atoms with Crippen molar-refractivity contribution in [3.8, 4) is 0 Å². The molecule has 0 atom stereocenters. The second-order valence-corrected chi connectivity index (χ2v) is 6.93. The Morgan fingerprint density at radius 3 is 2.06 bits per heavy atom. The van der Waals surface area contributed by atoms with E-state index in [1.807, 2.05) is 33.8 Å². The Kier molecular flexibility index (Phi) is 3.81. The van der Waals surface area contributed by atoms with Crippen molar-refractivity contribution in [3.05, 3.63) is 26.7 Å². The summed E-state index contributed by atoms with van der Waals surface area (Å²) in [4.78, 5) is 0. The van der Waals surface area contributed by atoms with Gasteiger partial charge in [-0.3, -0.25) is 0 Å². The largest absolute Gasteiger partial charge is 0.496 e. The van der Waals surface area contributed by atoms with Crippen molar-refractivity contribution in [2.45, 2.75) is 38.9 Å². The maximum Gasteiger partial charge on any atom is 0.496 e. The van der Waals surface area contributed by atoms with Gasteiger partial charge in [0.1, 0.15) is 0 Å². The first-order valence-corrected chi connectivity index (χ1v) is 7.19. The van der Waals surface area contributed by atoms with Crippen LogP contribution in [-0.4, -0.2) is 18.3 Å². The van der Waals surface area contributed by atoms with Crippen LogP contribution in [0, 0.1) is 0 Å². The molecule has 1 heterocycles. The number of rotatable bonds is 1. The lowest BCUT2D eigenvalue weighted by atomic mass is 9.79. The molecular formula is C12H14BBrCl2O2. The highest BCUT2D eigenvalue weighted by Gasteiger charge is 2.52. The van der Waals surface area contributed by atoms with Crippen LogP contribution in [-0.2, 0) is 9.31 Å². The summed E-state index contributed by atoms with van der Waals surface area (Å²) in [6, 6.07) is 3.61. The van der Waals surface area contributed by atoms with Crippen molar-refractivity contribution in [2.75, 3.05) is 0 Å². The highest BCUT2D eigenvalue weighted by molar-refractivity contribution is 9.10. The summed E-state index contributed by atoms with van der Waals surface area (Å²) in [6.07, 6.45) is 0. The molecule has 0 unspecified atom stereocenters. The molecule has 0 bridgehead atoms. The van der Waals surface area contributed by atoms with E-state index in [9.17, 15) is 0 Å². The van der Waals surface area contributed by atoms with Crippen molar-refractivity contribution in [1.82, 2.24) is 0 Å². The van der Waals surface area contributed by atoms with Gasteiger partial charge in [-0.15, -0.1) is 0 Å². The molecule has 1 aliphatic rings. The van der Waals surface area contributed by atoms with Crippen molar-refractivity contribution in [1.29, 1.82) is 0 Å². The third-order valence-electron chi connectivity index (χ3n) is 3.57. The zero-order chi connectivity index (χ0) is 13.7. The zero-order valence-electron chi connectivity index (χ0n) is 10.7. The van der Waals surface area contributed by atoms with Crippen LogP contribution in [0.1, 0.15) is 27.7 Å². The number of hydrogen-bond acceptors (Lipinski definition) is 2. The topological polar surface area (TPSA) is 18.5 Å². The summed E-state index contributed by atoms with van der Waals surface area (Å²) in [5, 5.41) is 0.979. The SMILES string of the molecule is CC1(C)OB(c2ccc(Cl)c(Cl)c2Br)OC1(C)C. The predicted octanol–water partition coefficient (Wildman–Crippen LogP) is 4.06. The second-order valence-electron chi connectivity index (χ2n) is 5.35. The van der Waals surface area contributed by atoms with Crippen LogP contribution < -0.4 is 5.46 Å². The molecule has 0 N–H and O–H groups in total. The molecule has 0 saturated carbocycles. The highest BCUT2D eigenvalue weighted by Crippen LogP contribution is 2.38. The molecule has 1 aliphatic heterocycles. The normalized spacial score (nSPS) is 21.4. The van der Waals surface area contributed by atoms with Crippen molar-refractivity contribution in [3.63, 3.8) is 0 Å². The van der Waals surface area contributed by atoms with Gasteiger partial charge in [0.15, 0.2) is 0 Å². The molecule has 0 aromatic heterocycles. The summed E-state index contributed by atoms with van der Waals surface area (Å²) in [5.41, 5.74) is 0.106. The Bertz CT molecular complexity index is 475. The van der Waals surface area contributed by atoms with Gasteiger partial charge in [0.2, 0.25) is 0 Å². The fraction of sp³-hybridized carbons (Fsp3) is 0.500. The maximum atomic E-state index is 6.11. The van der Waals surface area contributed by atoms with E-state index >= 15 is 0 Å². The van der Waals surface area contributed by atoms with Gasteiger partial charge in [-0.1, -0.05) is 29.3 Å². The first-order valence-electron chi connectivity index (χ1n) is 5.65. The summed E-state index contributed by atoms with van der Waals surface area (Å²) in [7, 11) is -0.445. The second kappa shape index (κ2) is 4.67. The van der Waals surface area contributed by atoms with E-state index in [0.717, 1.165) is 9.94 Å². The van der Waals surface area contributed by atoms with E-state index < -0.39 is 7.12 Å². The molecule has 2 nitrogen and oxygen atoms in total. The Labute approximate surface area is 126 Å². The average molecular weight is 352 g/mol. The smallest absolute Gasteiger partial charge is 0.399 e.